The van der Waals surface area contributed by atoms with Gasteiger partial charge >= 0.3 is 5.97 Å². The maximum absolute atomic E-state index is 11.4. The monoisotopic (exact) mass is 253 g/mol. The number of anilines is 1. The SMILES string of the molecule is CCCN(CC(=O)OC)c1cc(OC)nc(C)n1. The van der Waals surface area contributed by atoms with E-state index in [1.54, 1.807) is 20.1 Å². The Balaban J connectivity index is 2.96. The molecule has 0 aliphatic carbocycles. The summed E-state index contributed by atoms with van der Waals surface area (Å²) in [4.78, 5) is 21.7. The zero-order valence-corrected chi connectivity index (χ0v) is 11.3. The molecule has 0 saturated carbocycles. The van der Waals surface area contributed by atoms with Crippen molar-refractivity contribution in [2.24, 2.45) is 0 Å². The number of nitrogens with zero attached hydrogens (tertiary/aromatic N) is 3. The van der Waals surface area contributed by atoms with Crippen molar-refractivity contribution in [3.05, 3.63) is 11.9 Å². The van der Waals surface area contributed by atoms with Crippen molar-refractivity contribution in [3.63, 3.8) is 0 Å². The summed E-state index contributed by atoms with van der Waals surface area (Å²) in [6.07, 6.45) is 0.905. The number of carbonyl (C=O) groups excluding carboxylic acids is 1. The molecular formula is C12H19N3O3. The molecule has 0 aromatic carbocycles. The third-order valence-corrected chi connectivity index (χ3v) is 2.38. The first-order valence-corrected chi connectivity index (χ1v) is 5.82. The van der Waals surface area contributed by atoms with Crippen molar-refractivity contribution in [1.29, 1.82) is 0 Å². The number of hydrogen-bond donors (Lipinski definition) is 0. The van der Waals surface area contributed by atoms with Crippen LogP contribution in [0.1, 0.15) is 19.2 Å². The highest BCUT2D eigenvalue weighted by atomic mass is 16.5. The number of rotatable bonds is 6. The summed E-state index contributed by atoms with van der Waals surface area (Å²) in [6.45, 7) is 4.71. The minimum Gasteiger partial charge on any atom is -0.481 e. The van der Waals surface area contributed by atoms with E-state index >= 15 is 0 Å². The number of hydrogen-bond acceptors (Lipinski definition) is 6. The second kappa shape index (κ2) is 6.78. The predicted octanol–water partition coefficient (Wildman–Crippen LogP) is 1.18. The van der Waals surface area contributed by atoms with Crippen LogP contribution in [0.2, 0.25) is 0 Å². The molecule has 100 valence electrons. The number of aromatic nitrogens is 2. The lowest BCUT2D eigenvalue weighted by atomic mass is 10.3. The van der Waals surface area contributed by atoms with Crippen LogP contribution in [-0.4, -0.2) is 43.2 Å². The van der Waals surface area contributed by atoms with E-state index in [9.17, 15) is 4.79 Å². The van der Waals surface area contributed by atoms with Gasteiger partial charge in [-0.15, -0.1) is 0 Å². The molecule has 0 saturated heterocycles. The van der Waals surface area contributed by atoms with E-state index in [0.717, 1.165) is 6.42 Å². The molecule has 0 unspecified atom stereocenters. The zero-order chi connectivity index (χ0) is 13.5. The van der Waals surface area contributed by atoms with Crippen LogP contribution in [0.15, 0.2) is 6.07 Å². The number of aryl methyl sites for hydroxylation is 1. The molecule has 1 heterocycles. The molecule has 0 radical (unpaired) electrons. The molecule has 6 heteroatoms. The van der Waals surface area contributed by atoms with Gasteiger partial charge in [0.1, 0.15) is 18.2 Å². The van der Waals surface area contributed by atoms with E-state index in [1.165, 1.54) is 7.11 Å². The first-order chi connectivity index (χ1) is 8.60. The van der Waals surface area contributed by atoms with Gasteiger partial charge in [0, 0.05) is 12.6 Å². The normalized spacial score (nSPS) is 10.0. The molecule has 0 atom stereocenters. The Labute approximate surface area is 107 Å². The van der Waals surface area contributed by atoms with Gasteiger partial charge in [0.25, 0.3) is 0 Å². The summed E-state index contributed by atoms with van der Waals surface area (Å²) in [5.74, 6) is 1.48. The van der Waals surface area contributed by atoms with Crippen molar-refractivity contribution in [1.82, 2.24) is 9.97 Å². The molecular weight excluding hydrogens is 234 g/mol. The quantitative estimate of drug-likeness (QED) is 0.709. The Hall–Kier alpha value is -1.85. The van der Waals surface area contributed by atoms with Gasteiger partial charge in [0.2, 0.25) is 5.88 Å². The van der Waals surface area contributed by atoms with Crippen LogP contribution >= 0.6 is 0 Å². The third kappa shape index (κ3) is 3.87. The predicted molar refractivity (Wildman–Crippen MR) is 67.8 cm³/mol. The van der Waals surface area contributed by atoms with Crippen LogP contribution in [0, 0.1) is 6.92 Å². The summed E-state index contributed by atoms with van der Waals surface area (Å²) in [5.41, 5.74) is 0. The molecule has 1 aromatic rings. The molecule has 0 bridgehead atoms. The molecule has 1 rings (SSSR count). The number of methoxy groups -OCH3 is 2. The molecule has 1 aromatic heterocycles. The Morgan fingerprint density at radius 1 is 1.39 bits per heavy atom. The van der Waals surface area contributed by atoms with Crippen LogP contribution in [-0.2, 0) is 9.53 Å². The van der Waals surface area contributed by atoms with Crippen LogP contribution in [0.5, 0.6) is 5.88 Å². The van der Waals surface area contributed by atoms with Gasteiger partial charge in [0.05, 0.1) is 14.2 Å². The van der Waals surface area contributed by atoms with Crippen LogP contribution in [0.25, 0.3) is 0 Å². The fourth-order valence-corrected chi connectivity index (χ4v) is 1.56. The van der Waals surface area contributed by atoms with E-state index < -0.39 is 0 Å². The lowest BCUT2D eigenvalue weighted by molar-refractivity contribution is -0.138. The van der Waals surface area contributed by atoms with E-state index in [0.29, 0.717) is 24.1 Å². The van der Waals surface area contributed by atoms with Gasteiger partial charge in [-0.3, -0.25) is 4.79 Å². The summed E-state index contributed by atoms with van der Waals surface area (Å²) in [7, 11) is 2.92. The minimum absolute atomic E-state index is 0.171. The topological polar surface area (TPSA) is 64.6 Å². The average Bonchev–Trinajstić information content (AvgIpc) is 2.37. The highest BCUT2D eigenvalue weighted by molar-refractivity contribution is 5.75. The molecule has 18 heavy (non-hydrogen) atoms. The highest BCUT2D eigenvalue weighted by Crippen LogP contribution is 2.17. The largest absolute Gasteiger partial charge is 0.481 e. The lowest BCUT2D eigenvalue weighted by Gasteiger charge is -2.22. The molecule has 0 N–H and O–H groups in total. The van der Waals surface area contributed by atoms with Gasteiger partial charge in [-0.05, 0) is 13.3 Å². The molecule has 0 amide bonds. The summed E-state index contributed by atoms with van der Waals surface area (Å²) >= 11 is 0. The maximum atomic E-state index is 11.4. The van der Waals surface area contributed by atoms with Crippen molar-refractivity contribution >= 4 is 11.8 Å². The summed E-state index contributed by atoms with van der Waals surface area (Å²) in [5, 5.41) is 0. The number of esters is 1. The molecule has 0 aliphatic heterocycles. The first kappa shape index (κ1) is 14.2. The molecule has 6 nitrogen and oxygen atoms in total. The van der Waals surface area contributed by atoms with Crippen LogP contribution in [0.3, 0.4) is 0 Å². The van der Waals surface area contributed by atoms with Crippen molar-refractivity contribution < 1.29 is 14.3 Å². The third-order valence-electron chi connectivity index (χ3n) is 2.38. The number of ether oxygens (including phenoxy) is 2. The molecule has 0 spiro atoms. The first-order valence-electron chi connectivity index (χ1n) is 5.82. The summed E-state index contributed by atoms with van der Waals surface area (Å²) < 4.78 is 9.78. The van der Waals surface area contributed by atoms with Gasteiger partial charge in [0.15, 0.2) is 0 Å². The van der Waals surface area contributed by atoms with Crippen molar-refractivity contribution in [2.45, 2.75) is 20.3 Å². The van der Waals surface area contributed by atoms with Gasteiger partial charge in [-0.1, -0.05) is 6.92 Å². The summed E-state index contributed by atoms with van der Waals surface area (Å²) in [6, 6.07) is 1.71. The zero-order valence-electron chi connectivity index (χ0n) is 11.3. The highest BCUT2D eigenvalue weighted by Gasteiger charge is 2.14. The average molecular weight is 253 g/mol. The number of carbonyl (C=O) groups is 1. The van der Waals surface area contributed by atoms with Crippen LogP contribution < -0.4 is 9.64 Å². The van der Waals surface area contributed by atoms with Gasteiger partial charge in [-0.25, -0.2) is 4.98 Å². The molecule has 0 aliphatic rings. The van der Waals surface area contributed by atoms with Gasteiger partial charge < -0.3 is 14.4 Å². The smallest absolute Gasteiger partial charge is 0.325 e. The Morgan fingerprint density at radius 2 is 2.11 bits per heavy atom. The lowest BCUT2D eigenvalue weighted by Crippen LogP contribution is -2.32. The van der Waals surface area contributed by atoms with E-state index in [-0.39, 0.29) is 12.5 Å². The van der Waals surface area contributed by atoms with Crippen molar-refractivity contribution in [3.8, 4) is 5.88 Å². The second-order valence-corrected chi connectivity index (χ2v) is 3.81. The maximum Gasteiger partial charge on any atom is 0.325 e. The fraction of sp³-hybridized carbons (Fsp3) is 0.583. The fourth-order valence-electron chi connectivity index (χ4n) is 1.56. The van der Waals surface area contributed by atoms with E-state index in [1.807, 2.05) is 11.8 Å². The standard InChI is InChI=1S/C12H19N3O3/c1-5-6-15(8-12(16)18-4)10-7-11(17-3)14-9(2)13-10/h7H,5-6,8H2,1-4H3. The Morgan fingerprint density at radius 3 is 2.67 bits per heavy atom. The van der Waals surface area contributed by atoms with E-state index in [4.69, 9.17) is 4.74 Å². The van der Waals surface area contributed by atoms with E-state index in [2.05, 4.69) is 14.7 Å². The van der Waals surface area contributed by atoms with Gasteiger partial charge in [-0.2, -0.15) is 4.98 Å². The van der Waals surface area contributed by atoms with Crippen molar-refractivity contribution in [2.75, 3.05) is 32.2 Å². The Bertz CT molecular complexity index is 410. The van der Waals surface area contributed by atoms with Crippen LogP contribution in [0.4, 0.5) is 5.82 Å². The Kier molecular flexibility index (Phi) is 5.35. The second-order valence-electron chi connectivity index (χ2n) is 3.81. The molecule has 0 fully saturated rings. The minimum atomic E-state index is -0.293.